The predicted molar refractivity (Wildman–Crippen MR) is 75.7 cm³/mol. The van der Waals surface area contributed by atoms with Crippen molar-refractivity contribution in [3.63, 3.8) is 0 Å². The lowest BCUT2D eigenvalue weighted by atomic mass is 10.0. The highest BCUT2D eigenvalue weighted by Crippen LogP contribution is 2.27. The molecule has 0 aromatic heterocycles. The number of hydrogen-bond donors (Lipinski definition) is 0. The van der Waals surface area contributed by atoms with Crippen LogP contribution in [0.5, 0.6) is 0 Å². The number of hydrogen-bond acceptors (Lipinski definition) is 5. The number of rotatable bonds is 3. The lowest BCUT2D eigenvalue weighted by Crippen LogP contribution is -2.20. The van der Waals surface area contributed by atoms with E-state index in [0.29, 0.717) is 16.4 Å². The molecule has 1 aliphatic rings. The molecule has 1 rings (SSSR count). The number of thioether (sulfide) groups is 1. The van der Waals surface area contributed by atoms with Gasteiger partial charge in [-0.3, -0.25) is 0 Å². The van der Waals surface area contributed by atoms with Crippen molar-refractivity contribution in [1.82, 2.24) is 4.90 Å². The summed E-state index contributed by atoms with van der Waals surface area (Å²) in [5, 5.41) is 27.7. The first-order valence-corrected chi connectivity index (χ1v) is 7.28. The second-order valence-corrected chi connectivity index (χ2v) is 5.53. The van der Waals surface area contributed by atoms with Crippen molar-refractivity contribution >= 4 is 11.8 Å². The molecular weight excluding hydrogens is 256 g/mol. The zero-order chi connectivity index (χ0) is 14.4. The molecule has 1 fully saturated rings. The second kappa shape index (κ2) is 6.88. The topological polar surface area (TPSA) is 74.6 Å². The third kappa shape index (κ3) is 3.31. The van der Waals surface area contributed by atoms with E-state index in [0.717, 1.165) is 25.2 Å². The molecule has 0 aromatic carbocycles. The molecule has 4 nitrogen and oxygen atoms in total. The van der Waals surface area contributed by atoms with Gasteiger partial charge in [0.2, 0.25) is 0 Å². The molecule has 0 bridgehead atoms. The van der Waals surface area contributed by atoms with Crippen LogP contribution in [0.3, 0.4) is 0 Å². The lowest BCUT2D eigenvalue weighted by Gasteiger charge is -2.20. The zero-order valence-corrected chi connectivity index (χ0v) is 12.2. The van der Waals surface area contributed by atoms with Crippen LogP contribution in [0.4, 0.5) is 0 Å². The van der Waals surface area contributed by atoms with Gasteiger partial charge in [-0.1, -0.05) is 0 Å². The molecular formula is C14H16N4S. The van der Waals surface area contributed by atoms with Crippen LogP contribution < -0.4 is 0 Å². The number of nitrogens with zero attached hydrogens (tertiary/aromatic N) is 4. The Balaban J connectivity index is 3.13. The standard InChI is InChI=1S/C14H16N4S/c1-10(12(6-15)7-16)14(8-17)11(2)18-5-4-13(9-18)19-3/h13H,4-5,9H2,1-3H3/b14-11+. The van der Waals surface area contributed by atoms with Crippen LogP contribution in [0, 0.1) is 34.0 Å². The first-order chi connectivity index (χ1) is 9.08. The molecule has 0 radical (unpaired) electrons. The second-order valence-electron chi connectivity index (χ2n) is 4.39. The summed E-state index contributed by atoms with van der Waals surface area (Å²) in [5.74, 6) is 0. The van der Waals surface area contributed by atoms with E-state index in [9.17, 15) is 5.26 Å². The van der Waals surface area contributed by atoms with Crippen molar-refractivity contribution in [1.29, 1.82) is 15.8 Å². The summed E-state index contributed by atoms with van der Waals surface area (Å²) >= 11 is 1.83. The van der Waals surface area contributed by atoms with Gasteiger partial charge in [0, 0.05) is 24.0 Å². The number of allylic oxidation sites excluding steroid dienone is 4. The van der Waals surface area contributed by atoms with Crippen LogP contribution in [0.25, 0.3) is 0 Å². The summed E-state index contributed by atoms with van der Waals surface area (Å²) in [6.45, 7) is 5.38. The smallest absolute Gasteiger partial charge is 0.133 e. The molecule has 0 amide bonds. The van der Waals surface area contributed by atoms with Gasteiger partial charge in [0.15, 0.2) is 0 Å². The fourth-order valence-corrected chi connectivity index (χ4v) is 2.81. The van der Waals surface area contributed by atoms with E-state index in [-0.39, 0.29) is 5.57 Å². The molecule has 0 aliphatic carbocycles. The van der Waals surface area contributed by atoms with Crippen molar-refractivity contribution in [2.75, 3.05) is 19.3 Å². The first-order valence-electron chi connectivity index (χ1n) is 5.99. The summed E-state index contributed by atoms with van der Waals surface area (Å²) in [7, 11) is 0. The van der Waals surface area contributed by atoms with Crippen LogP contribution in [-0.4, -0.2) is 29.5 Å². The molecule has 0 aromatic rings. The van der Waals surface area contributed by atoms with Gasteiger partial charge in [-0.05, 0) is 32.1 Å². The maximum atomic E-state index is 9.30. The highest BCUT2D eigenvalue weighted by atomic mass is 32.2. The first kappa shape index (κ1) is 15.2. The van der Waals surface area contributed by atoms with Crippen LogP contribution in [-0.2, 0) is 0 Å². The minimum Gasteiger partial charge on any atom is -0.373 e. The zero-order valence-electron chi connectivity index (χ0n) is 11.4. The Morgan fingerprint density at radius 3 is 2.21 bits per heavy atom. The quantitative estimate of drug-likeness (QED) is 0.583. The fourth-order valence-electron chi connectivity index (χ4n) is 2.14. The van der Waals surface area contributed by atoms with Crippen molar-refractivity contribution < 1.29 is 0 Å². The summed E-state index contributed by atoms with van der Waals surface area (Å²) < 4.78 is 0. The number of nitriles is 3. The van der Waals surface area contributed by atoms with E-state index in [1.165, 1.54) is 0 Å². The largest absolute Gasteiger partial charge is 0.373 e. The van der Waals surface area contributed by atoms with Gasteiger partial charge in [-0.15, -0.1) is 0 Å². The van der Waals surface area contributed by atoms with E-state index in [2.05, 4.69) is 17.2 Å². The average Bonchev–Trinajstić information content (AvgIpc) is 2.89. The van der Waals surface area contributed by atoms with Crippen molar-refractivity contribution in [3.05, 3.63) is 22.4 Å². The fraction of sp³-hybridized carbons (Fsp3) is 0.500. The summed E-state index contributed by atoms with van der Waals surface area (Å²) in [6, 6.07) is 5.82. The molecule has 5 heteroatoms. The van der Waals surface area contributed by atoms with Gasteiger partial charge in [0.25, 0.3) is 0 Å². The number of likely N-dealkylation sites (tertiary alicyclic amines) is 1. The van der Waals surface area contributed by atoms with Gasteiger partial charge in [-0.25, -0.2) is 0 Å². The van der Waals surface area contributed by atoms with Crippen molar-refractivity contribution in [2.24, 2.45) is 0 Å². The molecule has 98 valence electrons. The van der Waals surface area contributed by atoms with Crippen molar-refractivity contribution in [2.45, 2.75) is 25.5 Å². The third-order valence-electron chi connectivity index (χ3n) is 3.40. The Hall–Kier alpha value is -1.90. The molecule has 1 atom stereocenters. The minimum atomic E-state index is 0.0107. The van der Waals surface area contributed by atoms with Gasteiger partial charge in [0.05, 0.1) is 5.57 Å². The Bertz CT molecular complexity index is 523. The van der Waals surface area contributed by atoms with E-state index >= 15 is 0 Å². The summed E-state index contributed by atoms with van der Waals surface area (Å²) in [6.07, 6.45) is 3.19. The molecule has 0 saturated carbocycles. The average molecular weight is 272 g/mol. The Kier molecular flexibility index (Phi) is 5.49. The van der Waals surface area contributed by atoms with Crippen LogP contribution in [0.1, 0.15) is 20.3 Å². The normalized spacial score (nSPS) is 18.9. The highest BCUT2D eigenvalue weighted by Gasteiger charge is 2.24. The third-order valence-corrected chi connectivity index (χ3v) is 4.45. The lowest BCUT2D eigenvalue weighted by molar-refractivity contribution is 0.426. The molecule has 1 heterocycles. The Morgan fingerprint density at radius 2 is 1.79 bits per heavy atom. The van der Waals surface area contributed by atoms with Gasteiger partial charge in [0.1, 0.15) is 23.8 Å². The van der Waals surface area contributed by atoms with E-state index in [1.807, 2.05) is 30.8 Å². The summed E-state index contributed by atoms with van der Waals surface area (Å²) in [5.41, 5.74) is 1.79. The van der Waals surface area contributed by atoms with E-state index < -0.39 is 0 Å². The summed E-state index contributed by atoms with van der Waals surface area (Å²) in [4.78, 5) is 2.16. The SMILES string of the molecule is CSC1CCN(/C(C)=C(\C#N)C(C)=C(C#N)C#N)C1. The predicted octanol–water partition coefficient (Wildman–Crippen LogP) is 2.58. The van der Waals surface area contributed by atoms with Gasteiger partial charge < -0.3 is 4.90 Å². The molecule has 1 unspecified atom stereocenters. The minimum absolute atomic E-state index is 0.0107. The van der Waals surface area contributed by atoms with Gasteiger partial charge >= 0.3 is 0 Å². The molecule has 0 spiro atoms. The highest BCUT2D eigenvalue weighted by molar-refractivity contribution is 7.99. The maximum Gasteiger partial charge on any atom is 0.133 e. The van der Waals surface area contributed by atoms with E-state index in [4.69, 9.17) is 10.5 Å². The monoisotopic (exact) mass is 272 g/mol. The molecule has 1 saturated heterocycles. The molecule has 1 aliphatic heterocycles. The molecule has 19 heavy (non-hydrogen) atoms. The maximum absolute atomic E-state index is 9.30. The molecule has 0 N–H and O–H groups in total. The van der Waals surface area contributed by atoms with E-state index in [1.54, 1.807) is 6.92 Å². The van der Waals surface area contributed by atoms with Crippen LogP contribution in [0.15, 0.2) is 22.4 Å². The Morgan fingerprint density at radius 1 is 1.16 bits per heavy atom. The van der Waals surface area contributed by atoms with Crippen LogP contribution in [0.2, 0.25) is 0 Å². The van der Waals surface area contributed by atoms with Crippen LogP contribution >= 0.6 is 11.8 Å². The van der Waals surface area contributed by atoms with Crippen molar-refractivity contribution in [3.8, 4) is 18.2 Å². The van der Waals surface area contributed by atoms with Gasteiger partial charge in [-0.2, -0.15) is 27.5 Å². The Labute approximate surface area is 118 Å².